The van der Waals surface area contributed by atoms with Gasteiger partial charge in [0.1, 0.15) is 0 Å². The standard InChI is InChI=1S/C12H23N3O3S/c1-3-18-9-4-10(16)15-7-5-12(19-2,6-8-15)11(13)14-17/h17H,3-9H2,1-2H3,(H2,13,14). The van der Waals surface area contributed by atoms with Gasteiger partial charge in [0.15, 0.2) is 5.84 Å². The normalized spacial score (nSPS) is 19.5. The molecule has 0 saturated carbocycles. The molecule has 0 bridgehead atoms. The van der Waals surface area contributed by atoms with E-state index < -0.39 is 0 Å². The third-order valence-corrected chi connectivity index (χ3v) is 4.95. The van der Waals surface area contributed by atoms with Crippen LogP contribution in [0.2, 0.25) is 0 Å². The van der Waals surface area contributed by atoms with E-state index in [2.05, 4.69) is 5.16 Å². The van der Waals surface area contributed by atoms with Crippen LogP contribution in [-0.2, 0) is 9.53 Å². The number of oxime groups is 1. The Labute approximate surface area is 118 Å². The molecule has 0 spiro atoms. The number of ether oxygens (including phenoxy) is 1. The molecule has 0 aliphatic carbocycles. The van der Waals surface area contributed by atoms with Gasteiger partial charge in [0.2, 0.25) is 5.91 Å². The fraction of sp³-hybridized carbons (Fsp3) is 0.833. The summed E-state index contributed by atoms with van der Waals surface area (Å²) in [6, 6.07) is 0. The lowest BCUT2D eigenvalue weighted by atomic mass is 9.94. The van der Waals surface area contributed by atoms with Crippen LogP contribution in [0.25, 0.3) is 0 Å². The van der Waals surface area contributed by atoms with Crippen molar-refractivity contribution >= 4 is 23.5 Å². The highest BCUT2D eigenvalue weighted by molar-refractivity contribution is 8.00. The monoisotopic (exact) mass is 289 g/mol. The molecule has 7 heteroatoms. The molecular formula is C12H23N3O3S. The van der Waals surface area contributed by atoms with E-state index in [-0.39, 0.29) is 16.5 Å². The molecule has 1 heterocycles. The van der Waals surface area contributed by atoms with Crippen LogP contribution in [0.4, 0.5) is 0 Å². The van der Waals surface area contributed by atoms with Gasteiger partial charge in [0, 0.05) is 19.7 Å². The summed E-state index contributed by atoms with van der Waals surface area (Å²) in [5.74, 6) is 0.365. The van der Waals surface area contributed by atoms with E-state index in [1.165, 1.54) is 0 Å². The van der Waals surface area contributed by atoms with Crippen LogP contribution in [0.15, 0.2) is 5.16 Å². The summed E-state index contributed by atoms with van der Waals surface area (Å²) in [7, 11) is 0. The van der Waals surface area contributed by atoms with Gasteiger partial charge < -0.3 is 20.6 Å². The van der Waals surface area contributed by atoms with E-state index in [1.54, 1.807) is 11.8 Å². The average Bonchev–Trinajstić information content (AvgIpc) is 2.46. The van der Waals surface area contributed by atoms with Crippen molar-refractivity contribution in [1.29, 1.82) is 0 Å². The van der Waals surface area contributed by atoms with E-state index in [9.17, 15) is 4.79 Å². The number of carbonyl (C=O) groups is 1. The Morgan fingerprint density at radius 3 is 2.63 bits per heavy atom. The van der Waals surface area contributed by atoms with Crippen LogP contribution in [0.3, 0.4) is 0 Å². The SMILES string of the molecule is CCOCCC(=O)N1CCC(SC)(C(N)=NO)CC1. The van der Waals surface area contributed by atoms with Gasteiger partial charge in [0.25, 0.3) is 0 Å². The minimum Gasteiger partial charge on any atom is -0.409 e. The van der Waals surface area contributed by atoms with Gasteiger partial charge >= 0.3 is 0 Å². The molecule has 1 aliphatic rings. The molecule has 0 aromatic rings. The van der Waals surface area contributed by atoms with Gasteiger partial charge in [-0.15, -0.1) is 0 Å². The highest BCUT2D eigenvalue weighted by Gasteiger charge is 2.39. The van der Waals surface area contributed by atoms with Crippen LogP contribution in [0.1, 0.15) is 26.2 Å². The minimum absolute atomic E-state index is 0.114. The smallest absolute Gasteiger partial charge is 0.224 e. The number of nitrogens with zero attached hydrogens (tertiary/aromatic N) is 2. The molecule has 1 aliphatic heterocycles. The lowest BCUT2D eigenvalue weighted by Crippen LogP contribution is -2.51. The summed E-state index contributed by atoms with van der Waals surface area (Å²) < 4.78 is 4.85. The molecule has 1 rings (SSSR count). The first-order chi connectivity index (χ1) is 9.09. The van der Waals surface area contributed by atoms with Crippen molar-refractivity contribution in [3.05, 3.63) is 0 Å². The number of likely N-dealkylation sites (tertiary alicyclic amines) is 1. The summed E-state index contributed by atoms with van der Waals surface area (Å²) in [5.41, 5.74) is 5.77. The maximum atomic E-state index is 11.9. The molecule has 1 fully saturated rings. The number of hydrogen-bond acceptors (Lipinski definition) is 5. The number of amidine groups is 1. The first-order valence-electron chi connectivity index (χ1n) is 6.48. The highest BCUT2D eigenvalue weighted by atomic mass is 32.2. The maximum absolute atomic E-state index is 11.9. The second kappa shape index (κ2) is 7.59. The Morgan fingerprint density at radius 2 is 2.16 bits per heavy atom. The summed E-state index contributed by atoms with van der Waals surface area (Å²) in [4.78, 5) is 13.8. The Kier molecular flexibility index (Phi) is 6.44. The fourth-order valence-electron chi connectivity index (χ4n) is 2.24. The summed E-state index contributed by atoms with van der Waals surface area (Å²) >= 11 is 1.58. The lowest BCUT2D eigenvalue weighted by Gasteiger charge is -2.39. The Bertz CT molecular complexity index is 328. The summed E-state index contributed by atoms with van der Waals surface area (Å²) in [6.07, 6.45) is 3.79. The summed E-state index contributed by atoms with van der Waals surface area (Å²) in [6.45, 7) is 4.30. The fourth-order valence-corrected chi connectivity index (χ4v) is 3.08. The molecule has 19 heavy (non-hydrogen) atoms. The number of thioether (sulfide) groups is 1. The van der Waals surface area contributed by atoms with Gasteiger partial charge in [-0.3, -0.25) is 4.79 Å². The van der Waals surface area contributed by atoms with Crippen molar-refractivity contribution in [2.45, 2.75) is 30.9 Å². The second-order valence-corrected chi connectivity index (χ2v) is 5.70. The van der Waals surface area contributed by atoms with E-state index >= 15 is 0 Å². The quantitative estimate of drug-likeness (QED) is 0.249. The minimum atomic E-state index is -0.342. The Morgan fingerprint density at radius 1 is 1.53 bits per heavy atom. The molecule has 0 atom stereocenters. The number of rotatable bonds is 6. The van der Waals surface area contributed by atoms with Crippen LogP contribution in [0, 0.1) is 0 Å². The zero-order valence-corrected chi connectivity index (χ0v) is 12.4. The van der Waals surface area contributed by atoms with Crippen molar-refractivity contribution in [2.24, 2.45) is 10.9 Å². The molecule has 1 saturated heterocycles. The van der Waals surface area contributed by atoms with Crippen LogP contribution < -0.4 is 5.73 Å². The maximum Gasteiger partial charge on any atom is 0.224 e. The molecule has 110 valence electrons. The van der Waals surface area contributed by atoms with Gasteiger partial charge in [0.05, 0.1) is 17.8 Å². The molecule has 1 amide bonds. The van der Waals surface area contributed by atoms with Crippen LogP contribution in [0.5, 0.6) is 0 Å². The number of amides is 1. The molecule has 6 nitrogen and oxygen atoms in total. The van der Waals surface area contributed by atoms with E-state index in [4.69, 9.17) is 15.7 Å². The third-order valence-electron chi connectivity index (χ3n) is 3.55. The Hall–Kier alpha value is -0.950. The summed E-state index contributed by atoms with van der Waals surface area (Å²) in [5, 5.41) is 12.0. The third kappa shape index (κ3) is 4.01. The number of hydrogen-bond donors (Lipinski definition) is 2. The lowest BCUT2D eigenvalue weighted by molar-refractivity contribution is -0.133. The zero-order valence-electron chi connectivity index (χ0n) is 11.6. The first-order valence-corrected chi connectivity index (χ1v) is 7.70. The van der Waals surface area contributed by atoms with E-state index in [0.717, 1.165) is 0 Å². The molecule has 0 unspecified atom stereocenters. The zero-order chi connectivity index (χ0) is 14.3. The van der Waals surface area contributed by atoms with Crippen LogP contribution in [-0.4, -0.2) is 59.2 Å². The topological polar surface area (TPSA) is 88.2 Å². The largest absolute Gasteiger partial charge is 0.409 e. The number of piperidine rings is 1. The number of carbonyl (C=O) groups excluding carboxylic acids is 1. The predicted octanol–water partition coefficient (Wildman–Crippen LogP) is 0.884. The van der Waals surface area contributed by atoms with Gasteiger partial charge in [-0.25, -0.2) is 0 Å². The van der Waals surface area contributed by atoms with Crippen LogP contribution >= 0.6 is 11.8 Å². The molecular weight excluding hydrogens is 266 g/mol. The van der Waals surface area contributed by atoms with E-state index in [0.29, 0.717) is 45.6 Å². The highest BCUT2D eigenvalue weighted by Crippen LogP contribution is 2.34. The molecule has 0 aromatic heterocycles. The molecule has 0 aromatic carbocycles. The van der Waals surface area contributed by atoms with Crippen molar-refractivity contribution in [1.82, 2.24) is 4.90 Å². The van der Waals surface area contributed by atoms with Gasteiger partial charge in [-0.2, -0.15) is 11.8 Å². The molecule has 3 N–H and O–H groups in total. The van der Waals surface area contributed by atoms with Crippen molar-refractivity contribution in [2.75, 3.05) is 32.6 Å². The van der Waals surface area contributed by atoms with Crippen molar-refractivity contribution < 1.29 is 14.7 Å². The Balaban J connectivity index is 2.49. The van der Waals surface area contributed by atoms with Crippen molar-refractivity contribution in [3.8, 4) is 0 Å². The second-order valence-electron chi connectivity index (χ2n) is 4.51. The van der Waals surface area contributed by atoms with Gasteiger partial charge in [-0.1, -0.05) is 5.16 Å². The van der Waals surface area contributed by atoms with Crippen molar-refractivity contribution in [3.63, 3.8) is 0 Å². The number of nitrogens with two attached hydrogens (primary N) is 1. The predicted molar refractivity (Wildman–Crippen MR) is 76.6 cm³/mol. The van der Waals surface area contributed by atoms with E-state index in [1.807, 2.05) is 18.1 Å². The molecule has 0 radical (unpaired) electrons. The average molecular weight is 289 g/mol. The first kappa shape index (κ1) is 16.1. The van der Waals surface area contributed by atoms with Gasteiger partial charge in [-0.05, 0) is 26.0 Å².